The first-order valence-corrected chi connectivity index (χ1v) is 8.82. The van der Waals surface area contributed by atoms with Crippen molar-refractivity contribution in [2.75, 3.05) is 5.88 Å². The van der Waals surface area contributed by atoms with E-state index in [0.29, 0.717) is 11.5 Å². The fourth-order valence-electron chi connectivity index (χ4n) is 2.47. The van der Waals surface area contributed by atoms with E-state index in [1.54, 1.807) is 6.07 Å². The molecule has 0 amide bonds. The van der Waals surface area contributed by atoms with E-state index in [0.717, 1.165) is 49.1 Å². The lowest BCUT2D eigenvalue weighted by Crippen LogP contribution is -1.99. The van der Waals surface area contributed by atoms with E-state index in [2.05, 4.69) is 25.9 Å². The van der Waals surface area contributed by atoms with Gasteiger partial charge in [-0.2, -0.15) is 0 Å². The van der Waals surface area contributed by atoms with Gasteiger partial charge in [-0.25, -0.2) is 4.39 Å². The van der Waals surface area contributed by atoms with Crippen molar-refractivity contribution >= 4 is 22.6 Å². The molecule has 2 aromatic rings. The van der Waals surface area contributed by atoms with Gasteiger partial charge in [0, 0.05) is 23.3 Å². The molecule has 2 rings (SSSR count). The van der Waals surface area contributed by atoms with Crippen LogP contribution in [-0.2, 0) is 0 Å². The fourth-order valence-corrected chi connectivity index (χ4v) is 2.74. The van der Waals surface area contributed by atoms with Crippen molar-refractivity contribution in [2.45, 2.75) is 65.2 Å². The quantitative estimate of drug-likeness (QED) is 0.530. The van der Waals surface area contributed by atoms with Gasteiger partial charge in [-0.1, -0.05) is 45.2 Å². The minimum absolute atomic E-state index is 0.275. The van der Waals surface area contributed by atoms with Crippen LogP contribution in [0.4, 0.5) is 4.39 Å². The summed E-state index contributed by atoms with van der Waals surface area (Å²) >= 11 is 5.30. The molecule has 0 aliphatic rings. The summed E-state index contributed by atoms with van der Waals surface area (Å²) in [5, 5.41) is 5.09. The predicted octanol–water partition coefficient (Wildman–Crippen LogP) is 6.68. The standard InChI is InChI=1S/C14H18FNO.C4H9Cl/c1-3-5-10(6-4-2)14-12-8-7-11(15)9-13(12)17-16-14;1-2-3-4-5/h7-10H,3-6H2,1-2H3;2-4H2,1H3. The molecule has 1 aromatic heterocycles. The van der Waals surface area contributed by atoms with Gasteiger partial charge in [-0.3, -0.25) is 0 Å². The largest absolute Gasteiger partial charge is 0.356 e. The SMILES string of the molecule is CCCC(CCC)c1noc2cc(F)ccc12.CCCCCl. The Kier molecular flexibility index (Phi) is 9.14. The number of unbranched alkanes of at least 4 members (excludes halogenated alkanes) is 1. The van der Waals surface area contributed by atoms with Crippen LogP contribution in [0.5, 0.6) is 0 Å². The third-order valence-electron chi connectivity index (χ3n) is 3.61. The van der Waals surface area contributed by atoms with Crippen LogP contribution in [-0.4, -0.2) is 11.0 Å². The number of alkyl halides is 1. The molecule has 0 N–H and O–H groups in total. The Labute approximate surface area is 138 Å². The van der Waals surface area contributed by atoms with E-state index < -0.39 is 0 Å². The average molecular weight is 328 g/mol. The van der Waals surface area contributed by atoms with Crippen LogP contribution in [0.3, 0.4) is 0 Å². The third-order valence-corrected chi connectivity index (χ3v) is 3.88. The Balaban J connectivity index is 0.000000422. The second-order valence-corrected chi connectivity index (χ2v) is 5.90. The first-order valence-electron chi connectivity index (χ1n) is 8.28. The summed E-state index contributed by atoms with van der Waals surface area (Å²) in [6, 6.07) is 4.65. The van der Waals surface area contributed by atoms with Crippen molar-refractivity contribution in [3.8, 4) is 0 Å². The minimum atomic E-state index is -0.275. The maximum absolute atomic E-state index is 13.1. The lowest BCUT2D eigenvalue weighted by molar-refractivity contribution is 0.424. The van der Waals surface area contributed by atoms with Gasteiger partial charge in [0.1, 0.15) is 5.82 Å². The topological polar surface area (TPSA) is 26.0 Å². The smallest absolute Gasteiger partial charge is 0.170 e. The number of fused-ring (bicyclic) bond motifs is 1. The molecule has 1 heterocycles. The van der Waals surface area contributed by atoms with Crippen LogP contribution in [0.2, 0.25) is 0 Å². The van der Waals surface area contributed by atoms with Gasteiger partial charge in [-0.15, -0.1) is 11.6 Å². The van der Waals surface area contributed by atoms with Crippen LogP contribution in [0.1, 0.15) is 70.9 Å². The molecule has 0 aliphatic heterocycles. The number of nitrogens with zero attached hydrogens (tertiary/aromatic N) is 1. The molecule has 0 saturated carbocycles. The summed E-state index contributed by atoms with van der Waals surface area (Å²) < 4.78 is 18.3. The molecule has 4 heteroatoms. The Morgan fingerprint density at radius 3 is 2.32 bits per heavy atom. The van der Waals surface area contributed by atoms with Crippen molar-refractivity contribution in [3.05, 3.63) is 29.7 Å². The van der Waals surface area contributed by atoms with Gasteiger partial charge in [0.2, 0.25) is 0 Å². The average Bonchev–Trinajstić information content (AvgIpc) is 2.91. The molecule has 0 unspecified atom stereocenters. The molecular formula is C18H27ClFNO. The number of hydrogen-bond donors (Lipinski definition) is 0. The van der Waals surface area contributed by atoms with Crippen molar-refractivity contribution in [1.82, 2.24) is 5.16 Å². The minimum Gasteiger partial charge on any atom is -0.356 e. The summed E-state index contributed by atoms with van der Waals surface area (Å²) in [6.07, 6.45) is 6.82. The molecule has 0 fully saturated rings. The number of halogens is 2. The van der Waals surface area contributed by atoms with Gasteiger partial charge in [0.25, 0.3) is 0 Å². The number of benzene rings is 1. The zero-order valence-electron chi connectivity index (χ0n) is 13.9. The molecule has 0 bridgehead atoms. The van der Waals surface area contributed by atoms with Gasteiger partial charge in [0.15, 0.2) is 5.58 Å². The highest BCUT2D eigenvalue weighted by Crippen LogP contribution is 2.31. The Hall–Kier alpha value is -1.09. The lowest BCUT2D eigenvalue weighted by Gasteiger charge is -2.11. The fraction of sp³-hybridized carbons (Fsp3) is 0.611. The highest BCUT2D eigenvalue weighted by molar-refractivity contribution is 6.17. The zero-order chi connectivity index (χ0) is 16.4. The lowest BCUT2D eigenvalue weighted by atomic mass is 9.93. The van der Waals surface area contributed by atoms with Crippen LogP contribution < -0.4 is 0 Å². The van der Waals surface area contributed by atoms with Gasteiger partial charge in [-0.05, 0) is 31.4 Å². The Morgan fingerprint density at radius 1 is 1.14 bits per heavy atom. The molecular weight excluding hydrogens is 301 g/mol. The number of aromatic nitrogens is 1. The second kappa shape index (κ2) is 10.6. The molecule has 0 saturated heterocycles. The molecule has 1 aromatic carbocycles. The first-order chi connectivity index (χ1) is 10.7. The first kappa shape index (κ1) is 19.0. The normalized spacial score (nSPS) is 10.8. The van der Waals surface area contributed by atoms with Crippen LogP contribution in [0.15, 0.2) is 22.7 Å². The summed E-state index contributed by atoms with van der Waals surface area (Å²) in [5.74, 6) is 0.968. The maximum Gasteiger partial charge on any atom is 0.170 e. The number of hydrogen-bond acceptors (Lipinski definition) is 2. The third kappa shape index (κ3) is 5.60. The van der Waals surface area contributed by atoms with Crippen LogP contribution >= 0.6 is 11.6 Å². The summed E-state index contributed by atoms with van der Waals surface area (Å²) in [4.78, 5) is 0. The molecule has 22 heavy (non-hydrogen) atoms. The van der Waals surface area contributed by atoms with E-state index in [1.165, 1.54) is 18.6 Å². The number of rotatable bonds is 7. The van der Waals surface area contributed by atoms with Gasteiger partial charge in [0.05, 0.1) is 5.69 Å². The molecule has 124 valence electrons. The second-order valence-electron chi connectivity index (χ2n) is 5.53. The van der Waals surface area contributed by atoms with Crippen molar-refractivity contribution < 1.29 is 8.91 Å². The highest BCUT2D eigenvalue weighted by Gasteiger charge is 2.18. The summed E-state index contributed by atoms with van der Waals surface area (Å²) in [5.41, 5.74) is 1.54. The van der Waals surface area contributed by atoms with Crippen molar-refractivity contribution in [1.29, 1.82) is 0 Å². The predicted molar refractivity (Wildman–Crippen MR) is 92.2 cm³/mol. The van der Waals surface area contributed by atoms with Gasteiger partial charge < -0.3 is 4.52 Å². The van der Waals surface area contributed by atoms with Crippen molar-refractivity contribution in [3.63, 3.8) is 0 Å². The summed E-state index contributed by atoms with van der Waals surface area (Å²) in [6.45, 7) is 6.47. The van der Waals surface area contributed by atoms with E-state index in [-0.39, 0.29) is 5.82 Å². The van der Waals surface area contributed by atoms with E-state index in [1.807, 2.05) is 0 Å². The van der Waals surface area contributed by atoms with Crippen molar-refractivity contribution in [2.24, 2.45) is 0 Å². The molecule has 0 aliphatic carbocycles. The van der Waals surface area contributed by atoms with Crippen LogP contribution in [0.25, 0.3) is 11.0 Å². The Morgan fingerprint density at radius 2 is 1.82 bits per heavy atom. The molecule has 2 nitrogen and oxygen atoms in total. The molecule has 0 radical (unpaired) electrons. The van der Waals surface area contributed by atoms with E-state index in [9.17, 15) is 4.39 Å². The maximum atomic E-state index is 13.1. The molecule has 0 spiro atoms. The highest BCUT2D eigenvalue weighted by atomic mass is 35.5. The van der Waals surface area contributed by atoms with E-state index >= 15 is 0 Å². The zero-order valence-corrected chi connectivity index (χ0v) is 14.6. The molecule has 0 atom stereocenters. The monoisotopic (exact) mass is 327 g/mol. The van der Waals surface area contributed by atoms with Gasteiger partial charge >= 0.3 is 0 Å². The Bertz CT molecular complexity index is 533. The summed E-state index contributed by atoms with van der Waals surface area (Å²) in [7, 11) is 0. The van der Waals surface area contributed by atoms with E-state index in [4.69, 9.17) is 16.1 Å². The van der Waals surface area contributed by atoms with Crippen LogP contribution in [0, 0.1) is 5.82 Å².